The first-order valence-corrected chi connectivity index (χ1v) is 4.40. The maximum absolute atomic E-state index is 11.5. The fraction of sp³-hybridized carbons (Fsp3) is 0. The molecule has 0 aromatic heterocycles. The summed E-state index contributed by atoms with van der Waals surface area (Å²) in [5, 5.41) is 2.40. The number of rotatable bonds is 0. The first-order valence-electron chi connectivity index (χ1n) is 4.40. The van der Waals surface area contributed by atoms with Crippen LogP contribution in [-0.4, -0.2) is 17.6 Å². The number of Topliss-reactive ketones (excluding diaryl/α,β-unsaturated/α-hetero) is 1. The Kier molecular flexibility index (Phi) is 2.18. The molecule has 16 heavy (non-hydrogen) atoms. The molecule has 0 unspecified atom stereocenters. The SMILES string of the molecule is NC(=O)C#Cc1cccc2c1C(=O)C(=O)N2. The molecule has 0 aliphatic carbocycles. The number of ketones is 1. The quantitative estimate of drug-likeness (QED) is 0.457. The molecule has 2 rings (SSSR count). The molecule has 1 aromatic carbocycles. The molecule has 0 spiro atoms. The van der Waals surface area contributed by atoms with Crippen LogP contribution in [0.2, 0.25) is 0 Å². The van der Waals surface area contributed by atoms with Crippen LogP contribution in [0.25, 0.3) is 0 Å². The van der Waals surface area contributed by atoms with Gasteiger partial charge in [-0.1, -0.05) is 12.0 Å². The number of carbonyl (C=O) groups is 3. The minimum Gasteiger partial charge on any atom is -0.359 e. The van der Waals surface area contributed by atoms with Crippen LogP contribution in [-0.2, 0) is 9.59 Å². The Labute approximate surface area is 90.6 Å². The van der Waals surface area contributed by atoms with E-state index in [2.05, 4.69) is 17.2 Å². The van der Waals surface area contributed by atoms with Gasteiger partial charge in [0.05, 0.1) is 11.3 Å². The van der Waals surface area contributed by atoms with Gasteiger partial charge in [0.2, 0.25) is 0 Å². The van der Waals surface area contributed by atoms with Gasteiger partial charge < -0.3 is 11.1 Å². The van der Waals surface area contributed by atoms with E-state index in [1.54, 1.807) is 18.2 Å². The highest BCUT2D eigenvalue weighted by Crippen LogP contribution is 2.25. The van der Waals surface area contributed by atoms with Gasteiger partial charge in [-0.15, -0.1) is 0 Å². The molecule has 1 aliphatic rings. The zero-order chi connectivity index (χ0) is 11.7. The highest BCUT2D eigenvalue weighted by atomic mass is 16.2. The van der Waals surface area contributed by atoms with Crippen molar-refractivity contribution in [1.82, 2.24) is 0 Å². The monoisotopic (exact) mass is 214 g/mol. The number of fused-ring (bicyclic) bond motifs is 1. The molecule has 0 radical (unpaired) electrons. The summed E-state index contributed by atoms with van der Waals surface area (Å²) in [6, 6.07) is 4.77. The first kappa shape index (κ1) is 9.93. The van der Waals surface area contributed by atoms with Gasteiger partial charge in [0.15, 0.2) is 0 Å². The summed E-state index contributed by atoms with van der Waals surface area (Å²) in [5.41, 5.74) is 5.79. The van der Waals surface area contributed by atoms with Crippen LogP contribution in [0.3, 0.4) is 0 Å². The summed E-state index contributed by atoms with van der Waals surface area (Å²) in [4.78, 5) is 33.1. The second kappa shape index (κ2) is 3.51. The van der Waals surface area contributed by atoms with Crippen LogP contribution >= 0.6 is 0 Å². The number of benzene rings is 1. The second-order valence-corrected chi connectivity index (χ2v) is 3.13. The van der Waals surface area contributed by atoms with Crippen molar-refractivity contribution < 1.29 is 14.4 Å². The lowest BCUT2D eigenvalue weighted by Gasteiger charge is -1.97. The molecule has 0 bridgehead atoms. The summed E-state index contributed by atoms with van der Waals surface area (Å²) in [6.45, 7) is 0. The van der Waals surface area contributed by atoms with Crippen molar-refractivity contribution in [3.8, 4) is 11.8 Å². The average Bonchev–Trinajstić information content (AvgIpc) is 2.52. The van der Waals surface area contributed by atoms with Crippen LogP contribution < -0.4 is 11.1 Å². The first-order chi connectivity index (χ1) is 7.59. The molecular formula is C11H6N2O3. The Morgan fingerprint density at radius 1 is 1.31 bits per heavy atom. The lowest BCUT2D eigenvalue weighted by Crippen LogP contribution is -2.13. The van der Waals surface area contributed by atoms with E-state index in [-0.39, 0.29) is 5.56 Å². The van der Waals surface area contributed by atoms with Gasteiger partial charge in [0.25, 0.3) is 17.6 Å². The van der Waals surface area contributed by atoms with Gasteiger partial charge in [-0.25, -0.2) is 0 Å². The predicted octanol–water partition coefficient (Wildman–Crippen LogP) is -0.342. The van der Waals surface area contributed by atoms with Gasteiger partial charge in [-0.3, -0.25) is 14.4 Å². The van der Waals surface area contributed by atoms with Crippen molar-refractivity contribution in [2.75, 3.05) is 5.32 Å². The van der Waals surface area contributed by atoms with Crippen LogP contribution in [0.1, 0.15) is 15.9 Å². The molecule has 2 amide bonds. The van der Waals surface area contributed by atoms with Gasteiger partial charge in [0, 0.05) is 11.5 Å². The normalized spacial score (nSPS) is 12.5. The molecule has 5 nitrogen and oxygen atoms in total. The van der Waals surface area contributed by atoms with Crippen molar-refractivity contribution in [2.24, 2.45) is 5.73 Å². The van der Waals surface area contributed by atoms with E-state index in [1.807, 2.05) is 0 Å². The molecule has 3 N–H and O–H groups in total. The fourth-order valence-electron chi connectivity index (χ4n) is 1.43. The maximum Gasteiger partial charge on any atom is 0.296 e. The molecule has 0 fully saturated rings. The lowest BCUT2D eigenvalue weighted by molar-refractivity contribution is -0.113. The van der Waals surface area contributed by atoms with Crippen molar-refractivity contribution in [3.63, 3.8) is 0 Å². The number of anilines is 1. The van der Waals surface area contributed by atoms with E-state index in [0.29, 0.717) is 11.3 Å². The van der Waals surface area contributed by atoms with Crippen LogP contribution in [0.5, 0.6) is 0 Å². The predicted molar refractivity (Wildman–Crippen MR) is 55.5 cm³/mol. The smallest absolute Gasteiger partial charge is 0.296 e. The van der Waals surface area contributed by atoms with Crippen molar-refractivity contribution >= 4 is 23.3 Å². The number of nitrogens with two attached hydrogens (primary N) is 1. The maximum atomic E-state index is 11.5. The number of hydrogen-bond acceptors (Lipinski definition) is 3. The molecular weight excluding hydrogens is 208 g/mol. The second-order valence-electron chi connectivity index (χ2n) is 3.13. The van der Waals surface area contributed by atoms with E-state index in [0.717, 1.165) is 0 Å². The van der Waals surface area contributed by atoms with Crippen molar-refractivity contribution in [1.29, 1.82) is 0 Å². The summed E-state index contributed by atoms with van der Waals surface area (Å²) in [5.74, 6) is 2.45. The molecule has 1 aromatic rings. The van der Waals surface area contributed by atoms with Crippen molar-refractivity contribution in [3.05, 3.63) is 29.3 Å². The standard InChI is InChI=1S/C11H6N2O3/c12-8(14)5-4-6-2-1-3-7-9(6)10(15)11(16)13-7/h1-3H,(H2,12,14)(H,13,15,16). The number of amides is 2. The molecule has 1 aliphatic heterocycles. The Hall–Kier alpha value is -2.61. The summed E-state index contributed by atoms with van der Waals surface area (Å²) in [6.07, 6.45) is 0. The number of primary amides is 1. The fourth-order valence-corrected chi connectivity index (χ4v) is 1.43. The number of hydrogen-bond donors (Lipinski definition) is 2. The average molecular weight is 214 g/mol. The lowest BCUT2D eigenvalue weighted by atomic mass is 10.0. The zero-order valence-electron chi connectivity index (χ0n) is 8.03. The van der Waals surface area contributed by atoms with E-state index < -0.39 is 17.6 Å². The van der Waals surface area contributed by atoms with E-state index in [1.165, 1.54) is 0 Å². The third-order valence-corrected chi connectivity index (χ3v) is 2.07. The number of carbonyl (C=O) groups excluding carboxylic acids is 3. The minimum absolute atomic E-state index is 0.196. The topological polar surface area (TPSA) is 89.3 Å². The van der Waals surface area contributed by atoms with E-state index in [9.17, 15) is 14.4 Å². The summed E-state index contributed by atoms with van der Waals surface area (Å²) in [7, 11) is 0. The highest BCUT2D eigenvalue weighted by Gasteiger charge is 2.29. The Bertz CT molecular complexity index is 579. The van der Waals surface area contributed by atoms with Gasteiger partial charge in [0.1, 0.15) is 0 Å². The molecule has 78 valence electrons. The summed E-state index contributed by atoms with van der Waals surface area (Å²) < 4.78 is 0. The molecule has 0 saturated heterocycles. The van der Waals surface area contributed by atoms with Gasteiger partial charge in [-0.05, 0) is 12.1 Å². The highest BCUT2D eigenvalue weighted by molar-refractivity contribution is 6.52. The number of nitrogens with one attached hydrogen (secondary N) is 1. The summed E-state index contributed by atoms with van der Waals surface area (Å²) >= 11 is 0. The van der Waals surface area contributed by atoms with Crippen LogP contribution in [0.4, 0.5) is 5.69 Å². The Morgan fingerprint density at radius 2 is 2.06 bits per heavy atom. The van der Waals surface area contributed by atoms with Gasteiger partial charge >= 0.3 is 0 Å². The Balaban J connectivity index is 2.56. The third-order valence-electron chi connectivity index (χ3n) is 2.07. The molecule has 0 saturated carbocycles. The Morgan fingerprint density at radius 3 is 2.75 bits per heavy atom. The van der Waals surface area contributed by atoms with Crippen LogP contribution in [0.15, 0.2) is 18.2 Å². The third kappa shape index (κ3) is 1.53. The van der Waals surface area contributed by atoms with Crippen molar-refractivity contribution in [2.45, 2.75) is 0 Å². The molecule has 1 heterocycles. The molecule has 5 heteroatoms. The van der Waals surface area contributed by atoms with Crippen LogP contribution in [0, 0.1) is 11.8 Å². The zero-order valence-corrected chi connectivity index (χ0v) is 8.03. The van der Waals surface area contributed by atoms with Gasteiger partial charge in [-0.2, -0.15) is 0 Å². The minimum atomic E-state index is -0.790. The van der Waals surface area contributed by atoms with E-state index >= 15 is 0 Å². The van der Waals surface area contributed by atoms with E-state index in [4.69, 9.17) is 5.73 Å². The largest absolute Gasteiger partial charge is 0.359 e. The molecule has 0 atom stereocenters.